The van der Waals surface area contributed by atoms with Crippen molar-refractivity contribution < 1.29 is 13.2 Å². The molecule has 1 amide bonds. The van der Waals surface area contributed by atoms with Crippen LogP contribution in [0.1, 0.15) is 36.5 Å². The Kier molecular flexibility index (Phi) is 5.71. The van der Waals surface area contributed by atoms with Crippen LogP contribution in [0.15, 0.2) is 17.0 Å². The summed E-state index contributed by atoms with van der Waals surface area (Å²) in [6, 6.07) is 3.73. The average Bonchev–Trinajstić information content (AvgIpc) is 2.46. The molecule has 24 heavy (non-hydrogen) atoms. The summed E-state index contributed by atoms with van der Waals surface area (Å²) in [6.07, 6.45) is 1.97. The van der Waals surface area contributed by atoms with Gasteiger partial charge >= 0.3 is 0 Å². The van der Waals surface area contributed by atoms with Crippen molar-refractivity contribution in [3.63, 3.8) is 0 Å². The van der Waals surface area contributed by atoms with Crippen molar-refractivity contribution in [2.75, 3.05) is 26.7 Å². The molecule has 0 N–H and O–H groups in total. The SMILES string of the molecule is Cc1cc(C)c(S(=O)(=O)N(C)CC(=O)N2CCC(C)CC2)c(C)c1. The molecule has 0 aliphatic carbocycles. The van der Waals surface area contributed by atoms with E-state index in [0.717, 1.165) is 42.6 Å². The zero-order valence-electron chi connectivity index (χ0n) is 15.3. The van der Waals surface area contributed by atoms with E-state index in [2.05, 4.69) is 6.92 Å². The van der Waals surface area contributed by atoms with Gasteiger partial charge in [0.25, 0.3) is 0 Å². The molecule has 2 rings (SSSR count). The van der Waals surface area contributed by atoms with Crippen molar-refractivity contribution in [1.82, 2.24) is 9.21 Å². The van der Waals surface area contributed by atoms with Crippen molar-refractivity contribution in [3.05, 3.63) is 28.8 Å². The predicted octanol–water partition coefficient (Wildman–Crippen LogP) is 2.49. The lowest BCUT2D eigenvalue weighted by Gasteiger charge is -2.31. The molecule has 1 saturated heterocycles. The molecule has 1 aromatic carbocycles. The Morgan fingerprint density at radius 1 is 1.17 bits per heavy atom. The molecule has 0 unspecified atom stereocenters. The monoisotopic (exact) mass is 352 g/mol. The number of aryl methyl sites for hydroxylation is 3. The summed E-state index contributed by atoms with van der Waals surface area (Å²) in [4.78, 5) is 14.5. The lowest BCUT2D eigenvalue weighted by Crippen LogP contribution is -2.44. The zero-order chi connectivity index (χ0) is 18.1. The van der Waals surface area contributed by atoms with Crippen LogP contribution in [0.3, 0.4) is 0 Å². The lowest BCUT2D eigenvalue weighted by atomic mass is 9.99. The fourth-order valence-electron chi connectivity index (χ4n) is 3.36. The molecule has 1 aliphatic rings. The quantitative estimate of drug-likeness (QED) is 0.836. The fraction of sp³-hybridized carbons (Fsp3) is 0.611. The summed E-state index contributed by atoms with van der Waals surface area (Å²) in [6.45, 7) is 9.06. The lowest BCUT2D eigenvalue weighted by molar-refractivity contribution is -0.132. The van der Waals surface area contributed by atoms with E-state index in [1.165, 1.54) is 11.4 Å². The van der Waals surface area contributed by atoms with Crippen LogP contribution in [0.4, 0.5) is 0 Å². The molecule has 1 aromatic rings. The van der Waals surface area contributed by atoms with Crippen LogP contribution in [-0.2, 0) is 14.8 Å². The third-order valence-electron chi connectivity index (χ3n) is 4.77. The third-order valence-corrected chi connectivity index (χ3v) is 6.88. The Morgan fingerprint density at radius 2 is 1.67 bits per heavy atom. The minimum Gasteiger partial charge on any atom is -0.342 e. The predicted molar refractivity (Wildman–Crippen MR) is 95.4 cm³/mol. The number of carbonyl (C=O) groups excluding carboxylic acids is 1. The summed E-state index contributed by atoms with van der Waals surface area (Å²) in [5.41, 5.74) is 2.47. The standard InChI is InChI=1S/C18H28N2O3S/c1-13-6-8-20(9-7-13)17(21)12-19(5)24(22,23)18-15(3)10-14(2)11-16(18)4/h10-11,13H,6-9,12H2,1-5H3. The number of amides is 1. The number of hydrogen-bond donors (Lipinski definition) is 0. The van der Waals surface area contributed by atoms with Gasteiger partial charge in [-0.15, -0.1) is 0 Å². The highest BCUT2D eigenvalue weighted by Gasteiger charge is 2.29. The summed E-state index contributed by atoms with van der Waals surface area (Å²) in [5.74, 6) is 0.517. The number of likely N-dealkylation sites (N-methyl/N-ethyl adjacent to an activating group) is 1. The molecular weight excluding hydrogens is 324 g/mol. The summed E-state index contributed by atoms with van der Waals surface area (Å²) in [7, 11) is -2.19. The van der Waals surface area contributed by atoms with Gasteiger partial charge in [-0.25, -0.2) is 8.42 Å². The molecule has 134 valence electrons. The Balaban J connectivity index is 2.16. The van der Waals surface area contributed by atoms with Crippen LogP contribution in [0.25, 0.3) is 0 Å². The minimum absolute atomic E-state index is 0.108. The van der Waals surface area contributed by atoms with Gasteiger partial charge in [0.2, 0.25) is 15.9 Å². The highest BCUT2D eigenvalue weighted by Crippen LogP contribution is 2.25. The van der Waals surface area contributed by atoms with Crippen LogP contribution < -0.4 is 0 Å². The van der Waals surface area contributed by atoms with Gasteiger partial charge in [0.05, 0.1) is 11.4 Å². The van der Waals surface area contributed by atoms with Gasteiger partial charge in [0.1, 0.15) is 0 Å². The normalized spacial score (nSPS) is 16.7. The molecule has 5 nitrogen and oxygen atoms in total. The summed E-state index contributed by atoms with van der Waals surface area (Å²) < 4.78 is 27.0. The van der Waals surface area contributed by atoms with Gasteiger partial charge in [0.15, 0.2) is 0 Å². The van der Waals surface area contributed by atoms with E-state index in [1.807, 2.05) is 19.1 Å². The number of benzene rings is 1. The first-order chi connectivity index (χ1) is 11.1. The number of sulfonamides is 1. The highest BCUT2D eigenvalue weighted by molar-refractivity contribution is 7.89. The van der Waals surface area contributed by atoms with E-state index in [0.29, 0.717) is 10.8 Å². The molecule has 1 fully saturated rings. The van der Waals surface area contributed by atoms with Crippen LogP contribution in [0, 0.1) is 26.7 Å². The Morgan fingerprint density at radius 3 is 2.17 bits per heavy atom. The molecule has 1 heterocycles. The van der Waals surface area contributed by atoms with Crippen molar-refractivity contribution in [1.29, 1.82) is 0 Å². The maximum atomic E-state index is 12.9. The van der Waals surface area contributed by atoms with Gasteiger partial charge in [0, 0.05) is 20.1 Å². The Hall–Kier alpha value is -1.40. The van der Waals surface area contributed by atoms with Crippen LogP contribution >= 0.6 is 0 Å². The molecule has 0 atom stereocenters. The first kappa shape index (κ1) is 18.9. The van der Waals surface area contributed by atoms with Gasteiger partial charge in [-0.05, 0) is 50.7 Å². The van der Waals surface area contributed by atoms with E-state index < -0.39 is 10.0 Å². The van der Waals surface area contributed by atoms with Crippen molar-refractivity contribution in [2.24, 2.45) is 5.92 Å². The second kappa shape index (κ2) is 7.23. The maximum Gasteiger partial charge on any atom is 0.243 e. The van der Waals surface area contributed by atoms with Gasteiger partial charge in [-0.2, -0.15) is 4.31 Å². The van der Waals surface area contributed by atoms with Crippen LogP contribution in [0.2, 0.25) is 0 Å². The van der Waals surface area contributed by atoms with E-state index in [-0.39, 0.29) is 12.5 Å². The highest BCUT2D eigenvalue weighted by atomic mass is 32.2. The molecule has 0 aromatic heterocycles. The smallest absolute Gasteiger partial charge is 0.243 e. The van der Waals surface area contributed by atoms with Gasteiger partial charge in [-0.1, -0.05) is 24.6 Å². The van der Waals surface area contributed by atoms with Crippen molar-refractivity contribution >= 4 is 15.9 Å². The number of carbonyl (C=O) groups is 1. The average molecular weight is 353 g/mol. The van der Waals surface area contributed by atoms with E-state index >= 15 is 0 Å². The molecule has 0 bridgehead atoms. The van der Waals surface area contributed by atoms with Gasteiger partial charge < -0.3 is 4.90 Å². The molecule has 0 radical (unpaired) electrons. The fourth-order valence-corrected chi connectivity index (χ4v) is 4.89. The molecular formula is C18H28N2O3S. The van der Waals surface area contributed by atoms with Gasteiger partial charge in [-0.3, -0.25) is 4.79 Å². The number of rotatable bonds is 4. The second-order valence-electron chi connectivity index (χ2n) is 7.05. The Labute approximate surface area is 145 Å². The molecule has 1 aliphatic heterocycles. The first-order valence-electron chi connectivity index (χ1n) is 8.45. The van der Waals surface area contributed by atoms with Crippen LogP contribution in [0.5, 0.6) is 0 Å². The second-order valence-corrected chi connectivity index (χ2v) is 9.03. The largest absolute Gasteiger partial charge is 0.342 e. The van der Waals surface area contributed by atoms with E-state index in [9.17, 15) is 13.2 Å². The van der Waals surface area contributed by atoms with E-state index in [1.54, 1.807) is 18.7 Å². The van der Waals surface area contributed by atoms with Crippen LogP contribution in [-0.4, -0.2) is 50.2 Å². The summed E-state index contributed by atoms with van der Waals surface area (Å²) >= 11 is 0. The van der Waals surface area contributed by atoms with E-state index in [4.69, 9.17) is 0 Å². The number of hydrogen-bond acceptors (Lipinski definition) is 3. The number of piperidine rings is 1. The first-order valence-corrected chi connectivity index (χ1v) is 9.89. The molecule has 0 saturated carbocycles. The van der Waals surface area contributed by atoms with Crippen molar-refractivity contribution in [2.45, 2.75) is 45.4 Å². The zero-order valence-corrected chi connectivity index (χ0v) is 16.1. The minimum atomic E-state index is -3.68. The maximum absolute atomic E-state index is 12.9. The molecule has 6 heteroatoms. The van der Waals surface area contributed by atoms with Crippen molar-refractivity contribution in [3.8, 4) is 0 Å². The molecule has 0 spiro atoms. The summed E-state index contributed by atoms with van der Waals surface area (Å²) in [5, 5.41) is 0. The third kappa shape index (κ3) is 3.98. The number of likely N-dealkylation sites (tertiary alicyclic amines) is 1. The number of nitrogens with zero attached hydrogens (tertiary/aromatic N) is 2. The topological polar surface area (TPSA) is 57.7 Å². The Bertz CT molecular complexity index is 697.